The normalized spacial score (nSPS) is 11.1. The van der Waals surface area contributed by atoms with Gasteiger partial charge < -0.3 is 20.0 Å². The molecule has 0 aromatic carbocycles. The molecule has 0 aliphatic heterocycles. The standard InChI is InChI=1S/C15H27N3O3/c1-3-5-7-17(6-4-2)13-14(12-16)15(21)18(8-10-19)9-11-20/h13,19-20H,3-11H2,1-2H3/b14-13-. The van der Waals surface area contributed by atoms with Crippen molar-refractivity contribution in [2.45, 2.75) is 33.1 Å². The van der Waals surface area contributed by atoms with Gasteiger partial charge in [-0.1, -0.05) is 20.3 Å². The molecule has 120 valence electrons. The fourth-order valence-electron chi connectivity index (χ4n) is 1.93. The van der Waals surface area contributed by atoms with Gasteiger partial charge in [-0.25, -0.2) is 0 Å². The van der Waals surface area contributed by atoms with Gasteiger partial charge in [0.2, 0.25) is 0 Å². The minimum absolute atomic E-state index is 0.0430. The van der Waals surface area contributed by atoms with Crippen LogP contribution in [-0.4, -0.2) is 65.3 Å². The van der Waals surface area contributed by atoms with Crippen LogP contribution in [0.3, 0.4) is 0 Å². The lowest BCUT2D eigenvalue weighted by molar-refractivity contribution is -0.127. The zero-order chi connectivity index (χ0) is 16.1. The summed E-state index contributed by atoms with van der Waals surface area (Å²) >= 11 is 0. The van der Waals surface area contributed by atoms with Gasteiger partial charge in [-0.15, -0.1) is 0 Å². The molecule has 0 aromatic rings. The lowest BCUT2D eigenvalue weighted by Gasteiger charge is -2.23. The fraction of sp³-hybridized carbons (Fsp3) is 0.733. The van der Waals surface area contributed by atoms with Crippen LogP contribution in [0.25, 0.3) is 0 Å². The molecule has 0 heterocycles. The van der Waals surface area contributed by atoms with Crippen molar-refractivity contribution in [2.24, 2.45) is 0 Å². The van der Waals surface area contributed by atoms with E-state index in [4.69, 9.17) is 10.2 Å². The molecule has 0 aliphatic rings. The van der Waals surface area contributed by atoms with Crippen LogP contribution >= 0.6 is 0 Å². The predicted molar refractivity (Wildman–Crippen MR) is 81.2 cm³/mol. The van der Waals surface area contributed by atoms with Gasteiger partial charge in [-0.3, -0.25) is 4.79 Å². The van der Waals surface area contributed by atoms with E-state index in [-0.39, 0.29) is 31.9 Å². The van der Waals surface area contributed by atoms with Crippen molar-refractivity contribution in [1.29, 1.82) is 5.26 Å². The first-order chi connectivity index (χ1) is 10.1. The molecule has 0 unspecified atom stereocenters. The fourth-order valence-corrected chi connectivity index (χ4v) is 1.93. The molecular formula is C15H27N3O3. The lowest BCUT2D eigenvalue weighted by atomic mass is 10.2. The van der Waals surface area contributed by atoms with Crippen LogP contribution in [0.5, 0.6) is 0 Å². The van der Waals surface area contributed by atoms with Gasteiger partial charge in [0.1, 0.15) is 11.6 Å². The first-order valence-corrected chi connectivity index (χ1v) is 7.51. The molecule has 0 saturated heterocycles. The van der Waals surface area contributed by atoms with Crippen molar-refractivity contribution in [1.82, 2.24) is 9.80 Å². The predicted octanol–water partition coefficient (Wildman–Crippen LogP) is 0.719. The van der Waals surface area contributed by atoms with Crippen molar-refractivity contribution in [3.63, 3.8) is 0 Å². The lowest BCUT2D eigenvalue weighted by Crippen LogP contribution is -2.37. The maximum atomic E-state index is 12.3. The number of amides is 1. The van der Waals surface area contributed by atoms with Gasteiger partial charge in [-0.05, 0) is 12.8 Å². The molecule has 0 saturated carbocycles. The Morgan fingerprint density at radius 3 is 2.14 bits per heavy atom. The second-order valence-electron chi connectivity index (χ2n) is 4.78. The summed E-state index contributed by atoms with van der Waals surface area (Å²) in [4.78, 5) is 15.5. The third-order valence-corrected chi connectivity index (χ3v) is 3.00. The first-order valence-electron chi connectivity index (χ1n) is 7.51. The van der Waals surface area contributed by atoms with Crippen LogP contribution in [0.2, 0.25) is 0 Å². The van der Waals surface area contributed by atoms with Crippen molar-refractivity contribution in [2.75, 3.05) is 39.4 Å². The van der Waals surface area contributed by atoms with Gasteiger partial charge in [0.25, 0.3) is 5.91 Å². The molecule has 0 rings (SSSR count). The highest BCUT2D eigenvalue weighted by atomic mass is 16.3. The Morgan fingerprint density at radius 2 is 1.71 bits per heavy atom. The third-order valence-electron chi connectivity index (χ3n) is 3.00. The van der Waals surface area contributed by atoms with Crippen LogP contribution < -0.4 is 0 Å². The number of aliphatic hydroxyl groups excluding tert-OH is 2. The molecule has 2 N–H and O–H groups in total. The van der Waals surface area contributed by atoms with Gasteiger partial charge in [0.05, 0.1) is 13.2 Å². The van der Waals surface area contributed by atoms with Gasteiger partial charge in [0, 0.05) is 32.4 Å². The first kappa shape index (κ1) is 19.4. The van der Waals surface area contributed by atoms with E-state index >= 15 is 0 Å². The van der Waals surface area contributed by atoms with Crippen LogP contribution in [0, 0.1) is 11.3 Å². The molecule has 6 nitrogen and oxygen atoms in total. The number of aliphatic hydroxyl groups is 2. The highest BCUT2D eigenvalue weighted by Gasteiger charge is 2.18. The molecule has 0 atom stereocenters. The monoisotopic (exact) mass is 297 g/mol. The molecule has 0 spiro atoms. The van der Waals surface area contributed by atoms with E-state index in [9.17, 15) is 10.1 Å². The number of carbonyl (C=O) groups excluding carboxylic acids is 1. The molecule has 0 fully saturated rings. The summed E-state index contributed by atoms with van der Waals surface area (Å²) in [5, 5.41) is 27.1. The summed E-state index contributed by atoms with van der Waals surface area (Å²) in [6.45, 7) is 5.57. The van der Waals surface area contributed by atoms with E-state index < -0.39 is 5.91 Å². The van der Waals surface area contributed by atoms with E-state index in [1.54, 1.807) is 6.20 Å². The SMILES string of the molecule is CCCCN(/C=C(/C#N)C(=O)N(CCO)CCO)CCC. The van der Waals surface area contributed by atoms with E-state index in [1.807, 2.05) is 17.9 Å². The van der Waals surface area contributed by atoms with Crippen LogP contribution in [0.1, 0.15) is 33.1 Å². The van der Waals surface area contributed by atoms with Crippen molar-refractivity contribution in [3.05, 3.63) is 11.8 Å². The zero-order valence-corrected chi connectivity index (χ0v) is 13.1. The Hall–Kier alpha value is -1.58. The van der Waals surface area contributed by atoms with Crippen molar-refractivity contribution >= 4 is 5.91 Å². The van der Waals surface area contributed by atoms with E-state index in [0.29, 0.717) is 0 Å². The smallest absolute Gasteiger partial charge is 0.266 e. The zero-order valence-electron chi connectivity index (χ0n) is 13.1. The molecule has 6 heteroatoms. The quantitative estimate of drug-likeness (QED) is 0.433. The molecule has 0 aliphatic carbocycles. The number of carbonyl (C=O) groups is 1. The summed E-state index contributed by atoms with van der Waals surface area (Å²) in [6.07, 6.45) is 4.58. The second kappa shape index (κ2) is 12.2. The molecule has 0 aromatic heterocycles. The Bertz CT molecular complexity index is 358. The molecule has 0 radical (unpaired) electrons. The number of nitrogens with zero attached hydrogens (tertiary/aromatic N) is 3. The number of rotatable bonds is 11. The van der Waals surface area contributed by atoms with E-state index in [2.05, 4.69) is 6.92 Å². The minimum atomic E-state index is -0.446. The number of hydrogen-bond donors (Lipinski definition) is 2. The third kappa shape index (κ3) is 7.69. The van der Waals surface area contributed by atoms with Gasteiger partial charge >= 0.3 is 0 Å². The molecule has 1 amide bonds. The summed E-state index contributed by atoms with van der Waals surface area (Å²) in [5.41, 5.74) is 0.0430. The van der Waals surface area contributed by atoms with Gasteiger partial charge in [-0.2, -0.15) is 5.26 Å². The highest BCUT2D eigenvalue weighted by Crippen LogP contribution is 2.06. The van der Waals surface area contributed by atoms with E-state index in [0.717, 1.165) is 32.4 Å². The minimum Gasteiger partial charge on any atom is -0.395 e. The Morgan fingerprint density at radius 1 is 1.10 bits per heavy atom. The maximum Gasteiger partial charge on any atom is 0.266 e. The molecule has 21 heavy (non-hydrogen) atoms. The Labute approximate surface area is 127 Å². The summed E-state index contributed by atoms with van der Waals surface area (Å²) in [6, 6.07) is 1.93. The summed E-state index contributed by atoms with van der Waals surface area (Å²) < 4.78 is 0. The van der Waals surface area contributed by atoms with Gasteiger partial charge in [0.15, 0.2) is 0 Å². The Kier molecular flexibility index (Phi) is 11.3. The highest BCUT2D eigenvalue weighted by molar-refractivity contribution is 5.97. The largest absolute Gasteiger partial charge is 0.395 e. The van der Waals surface area contributed by atoms with Crippen LogP contribution in [0.15, 0.2) is 11.8 Å². The van der Waals surface area contributed by atoms with Crippen molar-refractivity contribution < 1.29 is 15.0 Å². The Balaban J connectivity index is 5.01. The van der Waals surface area contributed by atoms with E-state index in [1.165, 1.54) is 4.90 Å². The number of nitriles is 1. The van der Waals surface area contributed by atoms with Crippen LogP contribution in [-0.2, 0) is 4.79 Å². The number of hydrogen-bond acceptors (Lipinski definition) is 5. The second-order valence-corrected chi connectivity index (χ2v) is 4.78. The van der Waals surface area contributed by atoms with Crippen molar-refractivity contribution in [3.8, 4) is 6.07 Å². The average Bonchev–Trinajstić information content (AvgIpc) is 2.49. The molecule has 0 bridgehead atoms. The summed E-state index contributed by atoms with van der Waals surface area (Å²) in [5.74, 6) is -0.446. The maximum absolute atomic E-state index is 12.3. The number of unbranched alkanes of at least 4 members (excludes halogenated alkanes) is 1. The average molecular weight is 297 g/mol. The van der Waals surface area contributed by atoms with Crippen LogP contribution in [0.4, 0.5) is 0 Å². The topological polar surface area (TPSA) is 87.8 Å². The molecular weight excluding hydrogens is 270 g/mol. The summed E-state index contributed by atoms with van der Waals surface area (Å²) in [7, 11) is 0.